The van der Waals surface area contributed by atoms with Gasteiger partial charge in [-0.05, 0) is 32.6 Å². The number of nitrogen functional groups attached to an aromatic ring is 1. The van der Waals surface area contributed by atoms with Crippen molar-refractivity contribution in [2.24, 2.45) is 0 Å². The van der Waals surface area contributed by atoms with Crippen molar-refractivity contribution in [2.75, 3.05) is 32.9 Å². The van der Waals surface area contributed by atoms with Gasteiger partial charge in [0.25, 0.3) is 0 Å². The smallest absolute Gasteiger partial charge is 0.245 e. The second-order valence-electron chi connectivity index (χ2n) is 4.81. The first-order chi connectivity index (χ1) is 8.43. The number of sulfonamides is 1. The minimum absolute atomic E-state index is 0.212. The molecule has 0 aliphatic carbocycles. The van der Waals surface area contributed by atoms with E-state index in [-0.39, 0.29) is 10.9 Å². The Balaban J connectivity index is 2.26. The van der Waals surface area contributed by atoms with Gasteiger partial charge in [0.1, 0.15) is 4.90 Å². The quantitative estimate of drug-likeness (QED) is 0.816. The van der Waals surface area contributed by atoms with Crippen LogP contribution in [0.25, 0.3) is 0 Å². The van der Waals surface area contributed by atoms with E-state index < -0.39 is 10.0 Å². The molecule has 1 aliphatic rings. The Bertz CT molecular complexity index is 528. The summed E-state index contributed by atoms with van der Waals surface area (Å²) in [5.41, 5.74) is 6.06. The highest BCUT2D eigenvalue weighted by molar-refractivity contribution is 7.89. The maximum atomic E-state index is 12.5. The van der Waals surface area contributed by atoms with E-state index in [0.717, 1.165) is 6.42 Å². The maximum Gasteiger partial charge on any atom is 0.245 e. The minimum atomic E-state index is -3.45. The lowest BCUT2D eigenvalue weighted by molar-refractivity contribution is 0.302. The molecule has 2 N–H and O–H groups in total. The number of para-hydroxylation sites is 1. The fourth-order valence-corrected chi connectivity index (χ4v) is 3.81. The van der Waals surface area contributed by atoms with Crippen molar-refractivity contribution < 1.29 is 8.42 Å². The van der Waals surface area contributed by atoms with Crippen molar-refractivity contribution in [3.05, 3.63) is 24.3 Å². The van der Waals surface area contributed by atoms with Crippen LogP contribution >= 0.6 is 0 Å². The molecule has 1 aliphatic heterocycles. The molecule has 0 amide bonds. The monoisotopic (exact) mass is 269 g/mol. The van der Waals surface area contributed by atoms with Crippen LogP contribution in [0.3, 0.4) is 0 Å². The molecular formula is C12H19N3O2S. The van der Waals surface area contributed by atoms with Gasteiger partial charge in [-0.25, -0.2) is 8.42 Å². The zero-order chi connectivity index (χ0) is 13.3. The summed E-state index contributed by atoms with van der Waals surface area (Å²) in [5.74, 6) is 0. The van der Waals surface area contributed by atoms with E-state index in [2.05, 4.69) is 4.90 Å². The maximum absolute atomic E-state index is 12.5. The average molecular weight is 269 g/mol. The Morgan fingerprint density at radius 2 is 2.00 bits per heavy atom. The molecule has 0 saturated carbocycles. The summed E-state index contributed by atoms with van der Waals surface area (Å²) in [6, 6.07) is 6.90. The van der Waals surface area contributed by atoms with Crippen LogP contribution < -0.4 is 5.73 Å². The molecule has 1 aromatic carbocycles. The van der Waals surface area contributed by atoms with Gasteiger partial charge in [0.05, 0.1) is 5.69 Å². The van der Waals surface area contributed by atoms with Gasteiger partial charge in [0, 0.05) is 19.1 Å². The Morgan fingerprint density at radius 3 is 2.56 bits per heavy atom. The molecule has 0 aromatic heterocycles. The lowest BCUT2D eigenvalue weighted by atomic mass is 10.2. The summed E-state index contributed by atoms with van der Waals surface area (Å²) >= 11 is 0. The third kappa shape index (κ3) is 2.36. The summed E-state index contributed by atoms with van der Waals surface area (Å²) in [7, 11) is 0.486. The number of hydrogen-bond donors (Lipinski definition) is 1. The predicted octanol–water partition coefficient (Wildman–Crippen LogP) is 0.593. The van der Waals surface area contributed by atoms with Gasteiger partial charge in [0.2, 0.25) is 10.0 Å². The van der Waals surface area contributed by atoms with Gasteiger partial charge in [-0.1, -0.05) is 12.1 Å². The van der Waals surface area contributed by atoms with Crippen molar-refractivity contribution in [2.45, 2.75) is 17.4 Å². The summed E-state index contributed by atoms with van der Waals surface area (Å²) in [6.07, 6.45) is 0.860. The second kappa shape index (κ2) is 4.87. The third-order valence-electron chi connectivity index (χ3n) is 3.39. The van der Waals surface area contributed by atoms with Gasteiger partial charge in [-0.15, -0.1) is 0 Å². The SMILES string of the molecule is CN(C)C1CCN(S(=O)(=O)c2ccccc2N)C1. The van der Waals surface area contributed by atoms with E-state index in [1.807, 2.05) is 14.1 Å². The van der Waals surface area contributed by atoms with Gasteiger partial charge in [0.15, 0.2) is 0 Å². The highest BCUT2D eigenvalue weighted by atomic mass is 32.2. The number of benzene rings is 1. The Labute approximate surface area is 108 Å². The molecule has 1 heterocycles. The average Bonchev–Trinajstić information content (AvgIpc) is 2.79. The van der Waals surface area contributed by atoms with E-state index in [0.29, 0.717) is 18.8 Å². The van der Waals surface area contributed by atoms with Crippen molar-refractivity contribution in [1.82, 2.24) is 9.21 Å². The van der Waals surface area contributed by atoms with Gasteiger partial charge in [-0.2, -0.15) is 4.31 Å². The topological polar surface area (TPSA) is 66.6 Å². The largest absolute Gasteiger partial charge is 0.398 e. The fourth-order valence-electron chi connectivity index (χ4n) is 2.20. The first kappa shape index (κ1) is 13.3. The minimum Gasteiger partial charge on any atom is -0.398 e. The lowest BCUT2D eigenvalue weighted by Crippen LogP contribution is -2.34. The Kier molecular flexibility index (Phi) is 3.61. The lowest BCUT2D eigenvalue weighted by Gasteiger charge is -2.20. The van der Waals surface area contributed by atoms with E-state index >= 15 is 0 Å². The van der Waals surface area contributed by atoms with Crippen molar-refractivity contribution in [3.63, 3.8) is 0 Å². The normalized spacial score (nSPS) is 21.6. The molecule has 100 valence electrons. The summed E-state index contributed by atoms with van der Waals surface area (Å²) in [6.45, 7) is 1.09. The zero-order valence-electron chi connectivity index (χ0n) is 10.7. The molecule has 0 radical (unpaired) electrons. The molecule has 1 atom stereocenters. The molecule has 0 spiro atoms. The number of hydrogen-bond acceptors (Lipinski definition) is 4. The van der Waals surface area contributed by atoms with Crippen LogP contribution in [0, 0.1) is 0 Å². The second-order valence-corrected chi connectivity index (χ2v) is 6.71. The van der Waals surface area contributed by atoms with Crippen LogP contribution in [-0.2, 0) is 10.0 Å². The fraction of sp³-hybridized carbons (Fsp3) is 0.500. The van der Waals surface area contributed by atoms with E-state index in [9.17, 15) is 8.42 Å². The molecule has 1 aromatic rings. The summed E-state index contributed by atoms with van der Waals surface area (Å²) < 4.78 is 26.4. The van der Waals surface area contributed by atoms with Crippen LogP contribution in [0.5, 0.6) is 0 Å². The Hall–Kier alpha value is -1.11. The number of likely N-dealkylation sites (N-methyl/N-ethyl adjacent to an activating group) is 1. The standard InChI is InChI=1S/C12H19N3O2S/c1-14(2)10-7-8-15(9-10)18(16,17)12-6-4-3-5-11(12)13/h3-6,10H,7-9,13H2,1-2H3. The molecular weight excluding hydrogens is 250 g/mol. The third-order valence-corrected chi connectivity index (χ3v) is 5.33. The Morgan fingerprint density at radius 1 is 1.33 bits per heavy atom. The predicted molar refractivity (Wildman–Crippen MR) is 71.7 cm³/mol. The van der Waals surface area contributed by atoms with Crippen LogP contribution in [0.1, 0.15) is 6.42 Å². The molecule has 5 nitrogen and oxygen atoms in total. The first-order valence-electron chi connectivity index (χ1n) is 5.94. The molecule has 1 saturated heterocycles. The summed E-state index contributed by atoms with van der Waals surface area (Å²) in [4.78, 5) is 2.27. The molecule has 1 unspecified atom stereocenters. The molecule has 1 fully saturated rings. The number of nitrogens with two attached hydrogens (primary N) is 1. The van der Waals surface area contributed by atoms with Crippen LogP contribution in [0.4, 0.5) is 5.69 Å². The van der Waals surface area contributed by atoms with Gasteiger partial charge >= 0.3 is 0 Å². The van der Waals surface area contributed by atoms with E-state index in [1.54, 1.807) is 24.3 Å². The van der Waals surface area contributed by atoms with Crippen molar-refractivity contribution >= 4 is 15.7 Å². The molecule has 6 heteroatoms. The number of anilines is 1. The van der Waals surface area contributed by atoms with Crippen LogP contribution in [-0.4, -0.2) is 50.8 Å². The van der Waals surface area contributed by atoms with E-state index in [4.69, 9.17) is 5.73 Å². The zero-order valence-corrected chi connectivity index (χ0v) is 11.5. The summed E-state index contributed by atoms with van der Waals surface area (Å²) in [5, 5.41) is 0. The molecule has 2 rings (SSSR count). The van der Waals surface area contributed by atoms with Gasteiger partial charge < -0.3 is 10.6 Å². The molecule has 18 heavy (non-hydrogen) atoms. The van der Waals surface area contributed by atoms with Crippen LogP contribution in [0.15, 0.2) is 29.2 Å². The van der Waals surface area contributed by atoms with E-state index in [1.165, 1.54) is 4.31 Å². The van der Waals surface area contributed by atoms with Crippen molar-refractivity contribution in [3.8, 4) is 0 Å². The highest BCUT2D eigenvalue weighted by Crippen LogP contribution is 2.26. The van der Waals surface area contributed by atoms with Gasteiger partial charge in [-0.3, -0.25) is 0 Å². The first-order valence-corrected chi connectivity index (χ1v) is 7.38. The molecule has 0 bridgehead atoms. The highest BCUT2D eigenvalue weighted by Gasteiger charge is 2.34. The van der Waals surface area contributed by atoms with Crippen LogP contribution in [0.2, 0.25) is 0 Å². The van der Waals surface area contributed by atoms with Crippen molar-refractivity contribution in [1.29, 1.82) is 0 Å². The number of rotatable bonds is 3. The number of nitrogens with zero attached hydrogens (tertiary/aromatic N) is 2.